The van der Waals surface area contributed by atoms with Crippen molar-refractivity contribution in [2.75, 3.05) is 82.0 Å². The van der Waals surface area contributed by atoms with E-state index in [1.165, 1.54) is 5.69 Å². The van der Waals surface area contributed by atoms with E-state index in [0.29, 0.717) is 49.4 Å². The van der Waals surface area contributed by atoms with Crippen molar-refractivity contribution in [1.29, 1.82) is 0 Å². The molecule has 9 nitrogen and oxygen atoms in total. The third-order valence-electron chi connectivity index (χ3n) is 7.32. The van der Waals surface area contributed by atoms with Crippen LogP contribution < -0.4 is 15.1 Å². The Bertz CT molecular complexity index is 1210. The zero-order valence-electron chi connectivity index (χ0n) is 22.4. The van der Waals surface area contributed by atoms with E-state index in [1.807, 2.05) is 11.0 Å². The second-order valence-electron chi connectivity index (χ2n) is 9.95. The number of halogens is 3. The van der Waals surface area contributed by atoms with E-state index in [0.717, 1.165) is 61.4 Å². The number of hydrogen-bond acceptors (Lipinski definition) is 7. The molecule has 4 heterocycles. The summed E-state index contributed by atoms with van der Waals surface area (Å²) in [6.07, 6.45) is 5.86. The number of ether oxygens (including phenoxy) is 1. The molecule has 0 spiro atoms. The van der Waals surface area contributed by atoms with Crippen LogP contribution in [0.1, 0.15) is 12.0 Å². The van der Waals surface area contributed by atoms with Crippen molar-refractivity contribution in [2.45, 2.75) is 13.0 Å². The van der Waals surface area contributed by atoms with Gasteiger partial charge >= 0.3 is 0 Å². The third kappa shape index (κ3) is 7.39. The van der Waals surface area contributed by atoms with Crippen LogP contribution in [-0.2, 0) is 16.1 Å². The molecule has 12 heteroatoms. The van der Waals surface area contributed by atoms with E-state index in [-0.39, 0.29) is 12.5 Å². The zero-order chi connectivity index (χ0) is 27.9. The third-order valence-corrected chi connectivity index (χ3v) is 8.17. The van der Waals surface area contributed by atoms with Crippen molar-refractivity contribution in [3.63, 3.8) is 0 Å². The summed E-state index contributed by atoms with van der Waals surface area (Å²) < 4.78 is 5.45. The molecule has 0 bridgehead atoms. The Hall–Kier alpha value is -2.56. The van der Waals surface area contributed by atoms with Gasteiger partial charge in [0.2, 0.25) is 5.91 Å². The number of nitrogens with zero attached hydrogens (tertiary/aromatic N) is 6. The number of carbonyl (C=O) groups is 1. The van der Waals surface area contributed by atoms with Gasteiger partial charge in [0.15, 0.2) is 0 Å². The minimum atomic E-state index is 0.0657. The fourth-order valence-corrected chi connectivity index (χ4v) is 5.85. The van der Waals surface area contributed by atoms with Crippen LogP contribution in [0.15, 0.2) is 52.8 Å². The van der Waals surface area contributed by atoms with E-state index in [4.69, 9.17) is 44.5 Å². The lowest BCUT2D eigenvalue weighted by molar-refractivity contribution is -0.130. The molecule has 1 N–H and O–H groups in total. The van der Waals surface area contributed by atoms with Gasteiger partial charge in [0.05, 0.1) is 48.7 Å². The number of anilines is 2. The smallest absolute Gasteiger partial charge is 0.236 e. The Morgan fingerprint density at radius 2 is 1.62 bits per heavy atom. The fourth-order valence-electron chi connectivity index (χ4n) is 5.07. The number of piperazine rings is 1. The van der Waals surface area contributed by atoms with Crippen LogP contribution >= 0.6 is 34.8 Å². The highest BCUT2D eigenvalue weighted by molar-refractivity contribution is 6.38. The molecule has 1 amide bonds. The molecule has 214 valence electrons. The Labute approximate surface area is 250 Å². The number of aliphatic imine (C=N–C) groups is 1. The van der Waals surface area contributed by atoms with Crippen LogP contribution in [0.5, 0.6) is 0 Å². The first-order chi connectivity index (χ1) is 19.5. The topological polar surface area (TPSA) is 76.5 Å². The number of aromatic nitrogens is 1. The summed E-state index contributed by atoms with van der Waals surface area (Å²) in [7, 11) is 0. The van der Waals surface area contributed by atoms with Gasteiger partial charge < -0.3 is 24.3 Å². The number of hydrogen-bond donors (Lipinski definition) is 1. The molecule has 3 aliphatic rings. The van der Waals surface area contributed by atoms with E-state index in [2.05, 4.69) is 49.3 Å². The molecule has 40 heavy (non-hydrogen) atoms. The molecule has 3 aliphatic heterocycles. The van der Waals surface area contributed by atoms with Gasteiger partial charge in [0, 0.05) is 75.3 Å². The van der Waals surface area contributed by atoms with Gasteiger partial charge in [-0.3, -0.25) is 20.1 Å². The molecule has 2 aromatic rings. The highest BCUT2D eigenvalue weighted by Gasteiger charge is 2.24. The van der Waals surface area contributed by atoms with Gasteiger partial charge in [-0.15, -0.1) is 0 Å². The van der Waals surface area contributed by atoms with Gasteiger partial charge in [0.25, 0.3) is 0 Å². The van der Waals surface area contributed by atoms with E-state index < -0.39 is 0 Å². The van der Waals surface area contributed by atoms with Crippen molar-refractivity contribution in [3.05, 3.63) is 63.4 Å². The first-order valence-corrected chi connectivity index (χ1v) is 14.7. The van der Waals surface area contributed by atoms with Gasteiger partial charge in [-0.05, 0) is 23.8 Å². The number of rotatable bonds is 8. The minimum absolute atomic E-state index is 0.0657. The molecule has 0 radical (unpaired) electrons. The summed E-state index contributed by atoms with van der Waals surface area (Å²) >= 11 is 19.0. The van der Waals surface area contributed by atoms with Crippen molar-refractivity contribution < 1.29 is 9.53 Å². The van der Waals surface area contributed by atoms with E-state index >= 15 is 0 Å². The molecule has 0 aliphatic carbocycles. The summed E-state index contributed by atoms with van der Waals surface area (Å²) in [6.45, 7) is 7.98. The lowest BCUT2D eigenvalue weighted by Crippen LogP contribution is -2.52. The minimum Gasteiger partial charge on any atom is -0.378 e. The lowest BCUT2D eigenvalue weighted by Gasteiger charge is -2.37. The monoisotopic (exact) mass is 605 g/mol. The Kier molecular flexibility index (Phi) is 10.0. The molecule has 5 rings (SSSR count). The fraction of sp³-hybridized carbons (Fsp3) is 0.464. The van der Waals surface area contributed by atoms with Gasteiger partial charge in [0.1, 0.15) is 5.84 Å². The quantitative estimate of drug-likeness (QED) is 0.489. The van der Waals surface area contributed by atoms with Gasteiger partial charge in [-0.25, -0.2) is 0 Å². The average molecular weight is 607 g/mol. The molecule has 0 unspecified atom stereocenters. The highest BCUT2D eigenvalue weighted by Crippen LogP contribution is 2.33. The molecule has 0 saturated carbocycles. The first-order valence-electron chi connectivity index (χ1n) is 13.6. The van der Waals surface area contributed by atoms with Crippen LogP contribution in [0, 0.1) is 0 Å². The second kappa shape index (κ2) is 13.9. The number of amides is 1. The van der Waals surface area contributed by atoms with Crippen LogP contribution in [0.3, 0.4) is 0 Å². The number of pyridine rings is 1. The zero-order valence-corrected chi connectivity index (χ0v) is 24.6. The first kappa shape index (κ1) is 29.0. The van der Waals surface area contributed by atoms with Gasteiger partial charge in [-0.2, -0.15) is 0 Å². The predicted octanol–water partition coefficient (Wildman–Crippen LogP) is 3.85. The number of benzene rings is 1. The number of amidine groups is 1. The standard InChI is InChI=1S/C28H34Cl3N7O2/c29-22-5-6-38(26(15-22)34-16-21-1-3-23(4-2-21)35-11-13-40-14-12-35)20-33-19-27(39)36-7-9-37(10-8-36)28-24(30)17-32-18-25(28)31/h1-4,15,17-18,33H,5-14,16,19-20H2. The Morgan fingerprint density at radius 1 is 0.925 bits per heavy atom. The Morgan fingerprint density at radius 3 is 2.33 bits per heavy atom. The van der Waals surface area contributed by atoms with Crippen molar-refractivity contribution >= 4 is 57.9 Å². The maximum absolute atomic E-state index is 12.9. The molecular formula is C28H34Cl3N7O2. The van der Waals surface area contributed by atoms with Crippen LogP contribution in [0.25, 0.3) is 0 Å². The SMILES string of the molecule is O=C(CNCN1CCC(Cl)=CC1=NCc1ccc(N2CCOCC2)cc1)N1CCN(c2c(Cl)cncc2Cl)CC1. The summed E-state index contributed by atoms with van der Waals surface area (Å²) in [5, 5.41) is 5.14. The highest BCUT2D eigenvalue weighted by atomic mass is 35.5. The van der Waals surface area contributed by atoms with Gasteiger partial charge in [-0.1, -0.05) is 46.9 Å². The molecule has 1 aromatic heterocycles. The summed E-state index contributed by atoms with van der Waals surface area (Å²) in [5.41, 5.74) is 3.12. The molecule has 1 aromatic carbocycles. The number of nitrogens with one attached hydrogen (secondary N) is 1. The maximum atomic E-state index is 12.9. The lowest BCUT2D eigenvalue weighted by atomic mass is 10.2. The van der Waals surface area contributed by atoms with E-state index in [9.17, 15) is 4.79 Å². The second-order valence-corrected chi connectivity index (χ2v) is 11.2. The number of carbonyl (C=O) groups excluding carboxylic acids is 1. The van der Waals surface area contributed by atoms with Crippen molar-refractivity contribution in [1.82, 2.24) is 20.1 Å². The maximum Gasteiger partial charge on any atom is 0.236 e. The molecule has 2 fully saturated rings. The van der Waals surface area contributed by atoms with Crippen LogP contribution in [0.2, 0.25) is 10.0 Å². The van der Waals surface area contributed by atoms with E-state index in [1.54, 1.807) is 12.4 Å². The van der Waals surface area contributed by atoms with Crippen LogP contribution in [0.4, 0.5) is 11.4 Å². The van der Waals surface area contributed by atoms with Crippen LogP contribution in [-0.4, -0.2) is 98.8 Å². The predicted molar refractivity (Wildman–Crippen MR) is 162 cm³/mol. The van der Waals surface area contributed by atoms with Crippen molar-refractivity contribution in [3.8, 4) is 0 Å². The molecular weight excluding hydrogens is 573 g/mol. The summed E-state index contributed by atoms with van der Waals surface area (Å²) in [6, 6.07) is 8.55. The molecule has 0 atom stereocenters. The Balaban J connectivity index is 1.10. The summed E-state index contributed by atoms with van der Waals surface area (Å²) in [5.74, 6) is 0.893. The summed E-state index contributed by atoms with van der Waals surface area (Å²) in [4.78, 5) is 30.2. The molecule has 2 saturated heterocycles. The van der Waals surface area contributed by atoms with Crippen molar-refractivity contribution in [2.24, 2.45) is 4.99 Å². The normalized spacial score (nSPS) is 19.3. The number of morpholine rings is 1. The average Bonchev–Trinajstić information content (AvgIpc) is 2.98. The largest absolute Gasteiger partial charge is 0.378 e.